The summed E-state index contributed by atoms with van der Waals surface area (Å²) < 4.78 is 0.915. The average Bonchev–Trinajstić information content (AvgIpc) is 2.90. The maximum absolute atomic E-state index is 14.0. The van der Waals surface area contributed by atoms with Gasteiger partial charge in [0.1, 0.15) is 0 Å². The second-order valence-corrected chi connectivity index (χ2v) is 10.2. The van der Waals surface area contributed by atoms with Crippen LogP contribution in [0, 0.1) is 0 Å². The van der Waals surface area contributed by atoms with E-state index in [1.54, 1.807) is 24.3 Å². The fourth-order valence-corrected chi connectivity index (χ4v) is 5.22. The van der Waals surface area contributed by atoms with Crippen molar-refractivity contribution in [1.82, 2.24) is 0 Å². The summed E-state index contributed by atoms with van der Waals surface area (Å²) in [6.45, 7) is 2.03. The van der Waals surface area contributed by atoms with Crippen LogP contribution < -0.4 is 9.80 Å². The number of hydrogen-bond acceptors (Lipinski definition) is 2. The largest absolute Gasteiger partial charge is 0.305 e. The molecule has 2 atom stereocenters. The van der Waals surface area contributed by atoms with Crippen molar-refractivity contribution in [3.8, 4) is 0 Å². The van der Waals surface area contributed by atoms with Gasteiger partial charge in [-0.15, -0.1) is 0 Å². The quantitative estimate of drug-likeness (QED) is 0.255. The highest BCUT2D eigenvalue weighted by Gasteiger charge is 2.39. The third-order valence-corrected chi connectivity index (χ3v) is 7.31. The van der Waals surface area contributed by atoms with E-state index in [-0.39, 0.29) is 23.9 Å². The Morgan fingerprint density at radius 3 is 2.14 bits per heavy atom. The molecule has 2 amide bonds. The predicted molar refractivity (Wildman–Crippen MR) is 149 cm³/mol. The predicted octanol–water partition coefficient (Wildman–Crippen LogP) is 7.93. The van der Waals surface area contributed by atoms with Gasteiger partial charge in [-0.3, -0.25) is 9.59 Å². The van der Waals surface area contributed by atoms with E-state index >= 15 is 0 Å². The monoisotopic (exact) mass is 558 g/mol. The van der Waals surface area contributed by atoms with E-state index in [0.717, 1.165) is 21.4 Å². The van der Waals surface area contributed by atoms with Crippen LogP contribution in [-0.4, -0.2) is 17.9 Å². The smallest absolute Gasteiger partial charge is 0.258 e. The molecule has 1 heterocycles. The fourth-order valence-electron chi connectivity index (χ4n) is 4.83. The molecule has 4 aromatic rings. The Hall–Kier alpha value is -3.41. The third-order valence-electron chi connectivity index (χ3n) is 6.53. The van der Waals surface area contributed by atoms with Crippen LogP contribution in [0.4, 0.5) is 11.4 Å². The lowest BCUT2D eigenvalue weighted by Crippen LogP contribution is -2.47. The van der Waals surface area contributed by atoms with Gasteiger partial charge in [-0.05, 0) is 85.6 Å². The van der Waals surface area contributed by atoms with Crippen molar-refractivity contribution in [1.29, 1.82) is 0 Å². The lowest BCUT2D eigenvalue weighted by Gasteiger charge is -2.43. The molecule has 4 nitrogen and oxygen atoms in total. The number of rotatable bonds is 4. The summed E-state index contributed by atoms with van der Waals surface area (Å²) in [5, 5.41) is 0.587. The SMILES string of the molecule is C[C@H]1C[C@@H](N(C(=O)c2ccc(Br)cc2)c2ccccc2)c2ccccc2N1C(=O)c1ccc(Cl)cc1. The number of hydrogen-bond donors (Lipinski definition) is 0. The first kappa shape index (κ1) is 24.3. The topological polar surface area (TPSA) is 40.6 Å². The molecule has 0 unspecified atom stereocenters. The first-order valence-corrected chi connectivity index (χ1v) is 12.9. The van der Waals surface area contributed by atoms with Gasteiger partial charge in [-0.1, -0.05) is 63.9 Å². The molecule has 1 aliphatic rings. The summed E-state index contributed by atoms with van der Waals surface area (Å²) in [7, 11) is 0. The maximum atomic E-state index is 14.0. The number of fused-ring (bicyclic) bond motifs is 1. The van der Waals surface area contributed by atoms with Crippen LogP contribution in [0.5, 0.6) is 0 Å². The second-order valence-electron chi connectivity index (χ2n) is 8.86. The zero-order chi connectivity index (χ0) is 25.2. The molecule has 0 saturated heterocycles. The second kappa shape index (κ2) is 10.3. The highest BCUT2D eigenvalue weighted by atomic mass is 79.9. The van der Waals surface area contributed by atoms with E-state index in [0.29, 0.717) is 22.6 Å². The van der Waals surface area contributed by atoms with E-state index in [9.17, 15) is 9.59 Å². The molecule has 0 N–H and O–H groups in total. The van der Waals surface area contributed by atoms with Crippen LogP contribution >= 0.6 is 27.5 Å². The number of benzene rings is 4. The van der Waals surface area contributed by atoms with E-state index in [1.165, 1.54) is 0 Å². The molecular weight excluding hydrogens is 536 g/mol. The molecule has 0 spiro atoms. The van der Waals surface area contributed by atoms with Gasteiger partial charge in [0.15, 0.2) is 0 Å². The van der Waals surface area contributed by atoms with E-state index in [1.807, 2.05) is 95.6 Å². The molecule has 0 aromatic heterocycles. The average molecular weight is 560 g/mol. The van der Waals surface area contributed by atoms with E-state index in [4.69, 9.17) is 11.6 Å². The molecule has 0 radical (unpaired) electrons. The minimum Gasteiger partial charge on any atom is -0.305 e. The van der Waals surface area contributed by atoms with E-state index < -0.39 is 0 Å². The van der Waals surface area contributed by atoms with Gasteiger partial charge in [0.25, 0.3) is 11.8 Å². The Kier molecular flexibility index (Phi) is 6.95. The normalized spacial score (nSPS) is 16.8. The van der Waals surface area contributed by atoms with Gasteiger partial charge < -0.3 is 9.80 Å². The number of para-hydroxylation sites is 2. The standard InChI is InChI=1S/C30H24BrClN2O2/c1-20-19-28(34(25-7-3-2-4-8-25)30(36)21-11-15-23(31)16-12-21)26-9-5-6-10-27(26)33(20)29(35)22-13-17-24(32)18-14-22/h2-18,20,28H,19H2,1H3/t20-,28+/m0/s1. The Balaban J connectivity index is 1.60. The van der Waals surface area contributed by atoms with Crippen LogP contribution in [0.25, 0.3) is 0 Å². The Morgan fingerprint density at radius 1 is 0.833 bits per heavy atom. The third kappa shape index (κ3) is 4.69. The number of nitrogens with zero attached hydrogens (tertiary/aromatic N) is 2. The van der Waals surface area contributed by atoms with Crippen LogP contribution in [0.15, 0.2) is 108 Å². The van der Waals surface area contributed by atoms with Gasteiger partial charge in [0.2, 0.25) is 0 Å². The molecular formula is C30H24BrClN2O2. The Morgan fingerprint density at radius 2 is 1.44 bits per heavy atom. The number of carbonyl (C=O) groups is 2. The first-order chi connectivity index (χ1) is 17.4. The summed E-state index contributed by atoms with van der Waals surface area (Å²) >= 11 is 9.50. The number of amides is 2. The molecule has 180 valence electrons. The summed E-state index contributed by atoms with van der Waals surface area (Å²) in [6.07, 6.45) is 0.591. The van der Waals surface area contributed by atoms with Crippen molar-refractivity contribution in [3.63, 3.8) is 0 Å². The Bertz CT molecular complexity index is 1390. The minimum absolute atomic E-state index is 0.0850. The molecule has 4 aromatic carbocycles. The highest BCUT2D eigenvalue weighted by Crippen LogP contribution is 2.43. The first-order valence-electron chi connectivity index (χ1n) is 11.8. The minimum atomic E-state index is -0.246. The number of anilines is 2. The van der Waals surface area contributed by atoms with Crippen molar-refractivity contribution in [2.75, 3.05) is 9.80 Å². The molecule has 0 aliphatic carbocycles. The van der Waals surface area contributed by atoms with Gasteiger partial charge >= 0.3 is 0 Å². The molecule has 0 fully saturated rings. The van der Waals surface area contributed by atoms with Crippen LogP contribution in [-0.2, 0) is 0 Å². The van der Waals surface area contributed by atoms with Crippen LogP contribution in [0.3, 0.4) is 0 Å². The molecule has 0 saturated carbocycles. The van der Waals surface area contributed by atoms with Crippen LogP contribution in [0.1, 0.15) is 45.7 Å². The number of carbonyl (C=O) groups excluding carboxylic acids is 2. The molecule has 36 heavy (non-hydrogen) atoms. The summed E-state index contributed by atoms with van der Waals surface area (Å²) in [6, 6.07) is 31.6. The van der Waals surface area contributed by atoms with Crippen molar-refractivity contribution in [2.45, 2.75) is 25.4 Å². The lowest BCUT2D eigenvalue weighted by molar-refractivity contribution is 0.0965. The lowest BCUT2D eigenvalue weighted by atomic mass is 9.89. The van der Waals surface area contributed by atoms with E-state index in [2.05, 4.69) is 15.9 Å². The van der Waals surface area contributed by atoms with Gasteiger partial charge in [0.05, 0.1) is 6.04 Å². The van der Waals surface area contributed by atoms with Crippen LogP contribution in [0.2, 0.25) is 5.02 Å². The summed E-state index contributed by atoms with van der Waals surface area (Å²) in [4.78, 5) is 31.3. The zero-order valence-corrected chi connectivity index (χ0v) is 22.0. The molecule has 1 aliphatic heterocycles. The van der Waals surface area contributed by atoms with Crippen molar-refractivity contribution in [2.24, 2.45) is 0 Å². The van der Waals surface area contributed by atoms with Crippen molar-refractivity contribution in [3.05, 3.63) is 129 Å². The van der Waals surface area contributed by atoms with Gasteiger partial charge in [-0.2, -0.15) is 0 Å². The number of halogens is 2. The summed E-state index contributed by atoms with van der Waals surface area (Å²) in [5.74, 6) is -0.172. The zero-order valence-electron chi connectivity index (χ0n) is 19.6. The molecule has 6 heteroatoms. The Labute approximate surface area is 224 Å². The van der Waals surface area contributed by atoms with Crippen molar-refractivity contribution >= 4 is 50.7 Å². The summed E-state index contributed by atoms with van der Waals surface area (Å²) in [5.41, 5.74) is 3.74. The molecule has 5 rings (SSSR count). The maximum Gasteiger partial charge on any atom is 0.258 e. The van der Waals surface area contributed by atoms with Gasteiger partial charge in [-0.25, -0.2) is 0 Å². The highest BCUT2D eigenvalue weighted by molar-refractivity contribution is 9.10. The molecule has 0 bridgehead atoms. The van der Waals surface area contributed by atoms with Gasteiger partial charge in [0, 0.05) is 38.0 Å². The van der Waals surface area contributed by atoms with Crippen molar-refractivity contribution < 1.29 is 9.59 Å². The fraction of sp³-hybridized carbons (Fsp3) is 0.133.